The van der Waals surface area contributed by atoms with E-state index in [-0.39, 0.29) is 30.3 Å². The summed E-state index contributed by atoms with van der Waals surface area (Å²) in [5.41, 5.74) is 17.3. The highest BCUT2D eigenvalue weighted by atomic mass is 16.6. The van der Waals surface area contributed by atoms with Crippen LogP contribution in [0.25, 0.3) is 11.1 Å². The molecule has 0 aliphatic carbocycles. The second-order valence-electron chi connectivity index (χ2n) is 17.8. The summed E-state index contributed by atoms with van der Waals surface area (Å²) in [5, 5.41) is 0. The highest BCUT2D eigenvalue weighted by Gasteiger charge is 2.38. The number of hydrogen-bond donors (Lipinski definition) is 0. The molecule has 0 spiro atoms. The minimum absolute atomic E-state index is 0.00241. The van der Waals surface area contributed by atoms with Crippen molar-refractivity contribution in [3.8, 4) is 45.6 Å². The molecule has 0 amide bonds. The van der Waals surface area contributed by atoms with E-state index in [0.29, 0.717) is 26.4 Å². The smallest absolute Gasteiger partial charge is 0.135 e. The molecule has 0 saturated carbocycles. The van der Waals surface area contributed by atoms with Gasteiger partial charge < -0.3 is 42.6 Å². The van der Waals surface area contributed by atoms with Crippen LogP contribution in [0, 0.1) is 69.2 Å². The summed E-state index contributed by atoms with van der Waals surface area (Å²) in [6.45, 7) is 26.9. The molecule has 5 heterocycles. The van der Waals surface area contributed by atoms with E-state index in [2.05, 4.69) is 124 Å². The molecular weight excluding hydrogens is 781 g/mol. The molecule has 9 heteroatoms. The van der Waals surface area contributed by atoms with Gasteiger partial charge in [-0.1, -0.05) is 30.3 Å². The summed E-state index contributed by atoms with van der Waals surface area (Å²) in [6, 6.07) is 19.5. The van der Waals surface area contributed by atoms with Crippen LogP contribution in [0.4, 0.5) is 0 Å². The second kappa shape index (κ2) is 17.2. The highest BCUT2D eigenvalue weighted by molar-refractivity contribution is 5.73. The molecule has 9 nitrogen and oxygen atoms in total. The largest absolute Gasteiger partial charge is 0.490 e. The van der Waals surface area contributed by atoms with Gasteiger partial charge in [-0.15, -0.1) is 0 Å². The van der Waals surface area contributed by atoms with Crippen LogP contribution in [0.3, 0.4) is 0 Å². The lowest BCUT2D eigenvalue weighted by Gasteiger charge is -2.36. The Labute approximate surface area is 366 Å². The first-order chi connectivity index (χ1) is 29.9. The topological polar surface area (TPSA) is 96.3 Å². The van der Waals surface area contributed by atoms with Gasteiger partial charge in [0.1, 0.15) is 85.3 Å². The lowest BCUT2D eigenvalue weighted by Crippen LogP contribution is -2.20. The van der Waals surface area contributed by atoms with E-state index in [1.54, 1.807) is 0 Å². The maximum atomic E-state index is 6.84. The second-order valence-corrected chi connectivity index (χ2v) is 17.8. The van der Waals surface area contributed by atoms with Gasteiger partial charge in [0.25, 0.3) is 0 Å². The van der Waals surface area contributed by atoms with E-state index in [1.807, 2.05) is 0 Å². The van der Waals surface area contributed by atoms with Crippen LogP contribution in [0.15, 0.2) is 54.6 Å². The maximum Gasteiger partial charge on any atom is 0.135 e. The number of fused-ring (bicyclic) bond motifs is 2. The standard InChI is InChI=1S/C31H34O5.C22H26O4/c1-16-18(3)30-25(20(5)28(16)34-14-23-12-32-23)27(22-10-8-7-9-11-22)26-21(6)29(35-15-24-13-33-24)17(2)19(4)31(26)36-30;1-13-5-17(6-14(2)21(13)25-11-19-9-23-19)18-7-15(3)22(16(4)8-18)26-12-20-10-24-20/h7-11,23-24,27H,12-15H2,1-6H3;5-8,19-20H,9-12H2,1-4H3. The molecule has 4 unspecified atom stereocenters. The minimum atomic E-state index is 0.00241. The van der Waals surface area contributed by atoms with Gasteiger partial charge in [0.15, 0.2) is 0 Å². The van der Waals surface area contributed by atoms with Gasteiger partial charge in [0.2, 0.25) is 0 Å². The third-order valence-corrected chi connectivity index (χ3v) is 12.9. The molecule has 4 atom stereocenters. The zero-order chi connectivity index (χ0) is 43.4. The summed E-state index contributed by atoms with van der Waals surface area (Å²) in [5.74, 6) is 5.73. The molecule has 326 valence electrons. The first-order valence-corrected chi connectivity index (χ1v) is 22.1. The Morgan fingerprint density at radius 2 is 0.742 bits per heavy atom. The number of hydrogen-bond acceptors (Lipinski definition) is 9. The van der Waals surface area contributed by atoms with Crippen molar-refractivity contribution < 1.29 is 42.6 Å². The zero-order valence-electron chi connectivity index (χ0n) is 37.9. The fourth-order valence-corrected chi connectivity index (χ4v) is 8.90. The molecule has 0 radical (unpaired) electrons. The number of rotatable bonds is 14. The molecule has 62 heavy (non-hydrogen) atoms. The molecule has 0 aromatic heterocycles. The summed E-state index contributed by atoms with van der Waals surface area (Å²) in [4.78, 5) is 0. The van der Waals surface area contributed by atoms with Gasteiger partial charge in [-0.25, -0.2) is 0 Å². The average Bonchev–Trinajstić information content (AvgIpc) is 4.02. The normalized spacial score (nSPS) is 21.1. The van der Waals surface area contributed by atoms with Crippen molar-refractivity contribution in [2.75, 3.05) is 52.9 Å². The van der Waals surface area contributed by atoms with Gasteiger partial charge >= 0.3 is 0 Å². The molecule has 5 aromatic carbocycles. The van der Waals surface area contributed by atoms with Crippen LogP contribution in [0.2, 0.25) is 0 Å². The van der Waals surface area contributed by atoms with Gasteiger partial charge in [-0.05, 0) is 166 Å². The lowest BCUT2D eigenvalue weighted by molar-refractivity contribution is 0.258. The molecule has 0 bridgehead atoms. The first-order valence-electron chi connectivity index (χ1n) is 22.1. The Hall–Kier alpha value is -5.06. The van der Waals surface area contributed by atoms with Crippen LogP contribution in [-0.2, 0) is 18.9 Å². The summed E-state index contributed by atoms with van der Waals surface area (Å²) >= 11 is 0. The van der Waals surface area contributed by atoms with E-state index >= 15 is 0 Å². The van der Waals surface area contributed by atoms with Crippen molar-refractivity contribution in [3.05, 3.63) is 127 Å². The Morgan fingerprint density at radius 1 is 0.419 bits per heavy atom. The van der Waals surface area contributed by atoms with Crippen molar-refractivity contribution in [3.63, 3.8) is 0 Å². The van der Waals surface area contributed by atoms with E-state index in [0.717, 1.165) is 117 Å². The number of epoxide rings is 4. The fraction of sp³-hybridized carbons (Fsp3) is 0.434. The average molecular weight is 841 g/mol. The lowest BCUT2D eigenvalue weighted by atomic mass is 9.76. The van der Waals surface area contributed by atoms with Crippen molar-refractivity contribution in [1.29, 1.82) is 0 Å². The monoisotopic (exact) mass is 840 g/mol. The van der Waals surface area contributed by atoms with Gasteiger partial charge in [-0.2, -0.15) is 0 Å². The molecular formula is C53H60O9. The predicted octanol–water partition coefficient (Wildman–Crippen LogP) is 10.5. The first kappa shape index (κ1) is 42.3. The maximum absolute atomic E-state index is 6.84. The Bertz CT molecular complexity index is 2290. The third kappa shape index (κ3) is 8.78. The van der Waals surface area contributed by atoms with Crippen molar-refractivity contribution in [1.82, 2.24) is 0 Å². The quantitative estimate of drug-likeness (QED) is 0.0994. The zero-order valence-corrected chi connectivity index (χ0v) is 37.9. The molecule has 10 rings (SSSR count). The minimum Gasteiger partial charge on any atom is -0.490 e. The van der Waals surface area contributed by atoms with E-state index in [9.17, 15) is 0 Å². The molecule has 5 aliphatic heterocycles. The summed E-state index contributed by atoms with van der Waals surface area (Å²) < 4.78 is 52.8. The van der Waals surface area contributed by atoms with E-state index in [4.69, 9.17) is 42.6 Å². The number of benzene rings is 5. The highest BCUT2D eigenvalue weighted by Crippen LogP contribution is 2.56. The number of aryl methyl sites for hydroxylation is 4. The van der Waals surface area contributed by atoms with Crippen LogP contribution in [-0.4, -0.2) is 77.3 Å². The van der Waals surface area contributed by atoms with Gasteiger partial charge in [-0.3, -0.25) is 0 Å². The van der Waals surface area contributed by atoms with Gasteiger partial charge in [0, 0.05) is 17.0 Å². The summed E-state index contributed by atoms with van der Waals surface area (Å²) in [7, 11) is 0. The molecule has 5 aromatic rings. The van der Waals surface area contributed by atoms with Crippen LogP contribution in [0.1, 0.15) is 78.2 Å². The van der Waals surface area contributed by atoms with E-state index < -0.39 is 0 Å². The molecule has 4 saturated heterocycles. The SMILES string of the molecule is Cc1c(C)c2c(c(C)c1OCC1CO1)C(c1ccccc1)c1c(C)c(OCC3CO3)c(C)c(C)c1O2.Cc1cc(-c2cc(C)c(OCC3CO3)c(C)c2)cc(C)c1OCC1CO1. The van der Waals surface area contributed by atoms with Crippen LogP contribution < -0.4 is 23.7 Å². The number of ether oxygens (including phenoxy) is 9. The molecule has 0 N–H and O–H groups in total. The molecule has 4 fully saturated rings. The fourth-order valence-electron chi connectivity index (χ4n) is 8.90. The van der Waals surface area contributed by atoms with Crippen LogP contribution >= 0.6 is 0 Å². The van der Waals surface area contributed by atoms with Crippen molar-refractivity contribution >= 4 is 0 Å². The third-order valence-electron chi connectivity index (χ3n) is 12.9. The van der Waals surface area contributed by atoms with E-state index in [1.165, 1.54) is 27.8 Å². The predicted molar refractivity (Wildman–Crippen MR) is 241 cm³/mol. The summed E-state index contributed by atoms with van der Waals surface area (Å²) in [6.07, 6.45) is 0.940. The van der Waals surface area contributed by atoms with Crippen molar-refractivity contribution in [2.45, 2.75) is 99.6 Å². The Balaban J connectivity index is 0.000000167. The Kier molecular flexibility index (Phi) is 11.8. The van der Waals surface area contributed by atoms with Crippen LogP contribution in [0.5, 0.6) is 34.5 Å². The van der Waals surface area contributed by atoms with Gasteiger partial charge in [0.05, 0.1) is 26.4 Å². The Morgan fingerprint density at radius 3 is 1.06 bits per heavy atom. The van der Waals surface area contributed by atoms with Crippen molar-refractivity contribution in [2.24, 2.45) is 0 Å². The molecule has 5 aliphatic rings.